The SMILES string of the molecule is CCCCCCCC/C=C/CCCCCCCC(=O)Nc1nc(CC(=O)OCC)cs1. The molecule has 0 aromatic carbocycles. The van der Waals surface area contributed by atoms with Crippen LogP contribution in [0.5, 0.6) is 0 Å². The van der Waals surface area contributed by atoms with E-state index in [2.05, 4.69) is 29.4 Å². The molecule has 0 radical (unpaired) electrons. The van der Waals surface area contributed by atoms with Crippen LogP contribution in [0.1, 0.15) is 109 Å². The average Bonchev–Trinajstić information content (AvgIpc) is 3.17. The van der Waals surface area contributed by atoms with E-state index in [1.54, 1.807) is 12.3 Å². The first-order valence-corrected chi connectivity index (χ1v) is 13.1. The van der Waals surface area contributed by atoms with E-state index in [9.17, 15) is 9.59 Å². The molecular weight excluding hydrogens is 408 g/mol. The van der Waals surface area contributed by atoms with E-state index < -0.39 is 0 Å². The lowest BCUT2D eigenvalue weighted by atomic mass is 10.1. The van der Waals surface area contributed by atoms with Crippen molar-refractivity contribution in [2.75, 3.05) is 11.9 Å². The first kappa shape index (κ1) is 27.3. The number of amides is 1. The maximum absolute atomic E-state index is 12.0. The van der Waals surface area contributed by atoms with E-state index in [-0.39, 0.29) is 18.3 Å². The maximum Gasteiger partial charge on any atom is 0.311 e. The van der Waals surface area contributed by atoms with Crippen LogP contribution in [0.4, 0.5) is 5.13 Å². The molecule has 1 amide bonds. The zero-order valence-electron chi connectivity index (χ0n) is 19.6. The normalized spacial score (nSPS) is 11.2. The van der Waals surface area contributed by atoms with Crippen LogP contribution >= 0.6 is 11.3 Å². The van der Waals surface area contributed by atoms with Crippen molar-refractivity contribution in [3.05, 3.63) is 23.2 Å². The standard InChI is InChI=1S/C25H42N2O3S/c1-3-5-6-7-8-9-10-11-12-13-14-15-16-17-18-19-23(28)27-25-26-22(21-31-25)20-24(29)30-4-2/h11-12,21H,3-10,13-20H2,1-2H3,(H,26,27,28)/b12-11+. The van der Waals surface area contributed by atoms with Crippen molar-refractivity contribution < 1.29 is 14.3 Å². The Labute approximate surface area is 193 Å². The van der Waals surface area contributed by atoms with Gasteiger partial charge < -0.3 is 10.1 Å². The van der Waals surface area contributed by atoms with Gasteiger partial charge in [-0.1, -0.05) is 70.4 Å². The van der Waals surface area contributed by atoms with Gasteiger partial charge in [-0.2, -0.15) is 0 Å². The summed E-state index contributed by atoms with van der Waals surface area (Å²) >= 11 is 1.34. The van der Waals surface area contributed by atoms with E-state index >= 15 is 0 Å². The molecule has 0 aliphatic heterocycles. The Kier molecular flexibility index (Phi) is 16.8. The summed E-state index contributed by atoms with van der Waals surface area (Å²) in [6, 6.07) is 0. The van der Waals surface area contributed by atoms with Gasteiger partial charge >= 0.3 is 5.97 Å². The summed E-state index contributed by atoms with van der Waals surface area (Å²) in [6.07, 6.45) is 21.6. The van der Waals surface area contributed by atoms with Crippen LogP contribution in [0.3, 0.4) is 0 Å². The van der Waals surface area contributed by atoms with E-state index in [1.807, 2.05) is 0 Å². The summed E-state index contributed by atoms with van der Waals surface area (Å²) in [5.74, 6) is -0.298. The van der Waals surface area contributed by atoms with Crippen LogP contribution in [-0.4, -0.2) is 23.5 Å². The number of thiazole rings is 1. The number of nitrogens with one attached hydrogen (secondary N) is 1. The number of rotatable bonds is 19. The van der Waals surface area contributed by atoms with E-state index in [4.69, 9.17) is 4.74 Å². The highest BCUT2D eigenvalue weighted by molar-refractivity contribution is 7.13. The minimum atomic E-state index is -0.293. The molecule has 1 heterocycles. The molecule has 0 aliphatic carbocycles. The van der Waals surface area contributed by atoms with Crippen molar-refractivity contribution >= 4 is 28.3 Å². The van der Waals surface area contributed by atoms with Crippen molar-refractivity contribution in [3.8, 4) is 0 Å². The number of anilines is 1. The summed E-state index contributed by atoms with van der Waals surface area (Å²) in [5, 5.41) is 5.16. The van der Waals surface area contributed by atoms with E-state index in [0.717, 1.165) is 12.8 Å². The average molecular weight is 451 g/mol. The highest BCUT2D eigenvalue weighted by Crippen LogP contribution is 2.17. The smallest absolute Gasteiger partial charge is 0.311 e. The lowest BCUT2D eigenvalue weighted by molar-refractivity contribution is -0.142. The van der Waals surface area contributed by atoms with E-state index in [1.165, 1.54) is 82.0 Å². The molecule has 6 heteroatoms. The van der Waals surface area contributed by atoms with Crippen molar-refractivity contribution in [1.29, 1.82) is 0 Å². The Hall–Kier alpha value is -1.69. The number of hydrogen-bond acceptors (Lipinski definition) is 5. The van der Waals surface area contributed by atoms with Gasteiger partial charge in [-0.05, 0) is 39.0 Å². The Morgan fingerprint density at radius 2 is 1.55 bits per heavy atom. The van der Waals surface area contributed by atoms with Gasteiger partial charge in [0.2, 0.25) is 5.91 Å². The van der Waals surface area contributed by atoms with Crippen molar-refractivity contribution in [2.45, 2.75) is 110 Å². The summed E-state index contributed by atoms with van der Waals surface area (Å²) in [6.45, 7) is 4.40. The molecule has 1 aromatic rings. The van der Waals surface area contributed by atoms with Crippen LogP contribution in [0.15, 0.2) is 17.5 Å². The highest BCUT2D eigenvalue weighted by atomic mass is 32.1. The van der Waals surface area contributed by atoms with E-state index in [0.29, 0.717) is 23.9 Å². The molecule has 0 unspecified atom stereocenters. The summed E-state index contributed by atoms with van der Waals surface area (Å²) in [4.78, 5) is 27.8. The number of ether oxygens (including phenoxy) is 1. The van der Waals surface area contributed by atoms with Gasteiger partial charge in [0, 0.05) is 11.8 Å². The van der Waals surface area contributed by atoms with Gasteiger partial charge in [-0.15, -0.1) is 11.3 Å². The Morgan fingerprint density at radius 1 is 0.935 bits per heavy atom. The van der Waals surface area contributed by atoms with Gasteiger partial charge in [0.25, 0.3) is 0 Å². The maximum atomic E-state index is 12.0. The number of hydrogen-bond donors (Lipinski definition) is 1. The number of esters is 1. The predicted molar refractivity (Wildman–Crippen MR) is 131 cm³/mol. The number of allylic oxidation sites excluding steroid dienone is 2. The van der Waals surface area contributed by atoms with Crippen LogP contribution < -0.4 is 5.32 Å². The van der Waals surface area contributed by atoms with Gasteiger partial charge in [-0.25, -0.2) is 4.98 Å². The van der Waals surface area contributed by atoms with Crippen molar-refractivity contribution in [3.63, 3.8) is 0 Å². The monoisotopic (exact) mass is 450 g/mol. The Balaban J connectivity index is 1.95. The lowest BCUT2D eigenvalue weighted by Gasteiger charge is -2.02. The van der Waals surface area contributed by atoms with Crippen LogP contribution in [-0.2, 0) is 20.7 Å². The van der Waals surface area contributed by atoms with Gasteiger partial charge in [0.05, 0.1) is 18.7 Å². The largest absolute Gasteiger partial charge is 0.466 e. The summed E-state index contributed by atoms with van der Waals surface area (Å²) in [7, 11) is 0. The second-order valence-electron chi connectivity index (χ2n) is 8.01. The summed E-state index contributed by atoms with van der Waals surface area (Å²) in [5.41, 5.74) is 0.639. The number of unbranched alkanes of at least 4 members (excludes halogenated alkanes) is 11. The van der Waals surface area contributed by atoms with Crippen molar-refractivity contribution in [2.24, 2.45) is 0 Å². The molecule has 31 heavy (non-hydrogen) atoms. The predicted octanol–water partition coefficient (Wildman–Crippen LogP) is 7.22. The minimum Gasteiger partial charge on any atom is -0.466 e. The van der Waals surface area contributed by atoms with Crippen molar-refractivity contribution in [1.82, 2.24) is 4.98 Å². The zero-order chi connectivity index (χ0) is 22.6. The van der Waals surface area contributed by atoms with Crippen LogP contribution in [0.2, 0.25) is 0 Å². The third-order valence-electron chi connectivity index (χ3n) is 5.09. The first-order valence-electron chi connectivity index (χ1n) is 12.2. The number of carbonyl (C=O) groups excluding carboxylic acids is 2. The summed E-state index contributed by atoms with van der Waals surface area (Å²) < 4.78 is 4.91. The Morgan fingerprint density at radius 3 is 2.19 bits per heavy atom. The van der Waals surface area contributed by atoms with Gasteiger partial charge in [0.1, 0.15) is 0 Å². The third-order valence-corrected chi connectivity index (χ3v) is 5.90. The molecule has 1 rings (SSSR count). The molecule has 0 saturated carbocycles. The minimum absolute atomic E-state index is 0.00494. The fraction of sp³-hybridized carbons (Fsp3) is 0.720. The molecular formula is C25H42N2O3S. The third kappa shape index (κ3) is 15.7. The van der Waals surface area contributed by atoms with Crippen LogP contribution in [0, 0.1) is 0 Å². The second-order valence-corrected chi connectivity index (χ2v) is 8.87. The quantitative estimate of drug-likeness (QED) is 0.137. The molecule has 0 fully saturated rings. The number of carbonyl (C=O) groups is 2. The second kappa shape index (κ2) is 19.0. The molecule has 0 saturated heterocycles. The fourth-order valence-corrected chi connectivity index (χ4v) is 4.07. The zero-order valence-corrected chi connectivity index (χ0v) is 20.4. The molecule has 1 aromatic heterocycles. The first-order chi connectivity index (χ1) is 15.2. The molecule has 1 N–H and O–H groups in total. The molecule has 0 spiro atoms. The molecule has 176 valence electrons. The molecule has 0 aliphatic rings. The molecule has 0 atom stereocenters. The molecule has 0 bridgehead atoms. The number of aromatic nitrogens is 1. The lowest BCUT2D eigenvalue weighted by Crippen LogP contribution is -2.11. The Bertz CT molecular complexity index is 628. The topological polar surface area (TPSA) is 68.3 Å². The number of nitrogens with zero attached hydrogens (tertiary/aromatic N) is 1. The van der Waals surface area contributed by atoms with Crippen LogP contribution in [0.25, 0.3) is 0 Å². The fourth-order valence-electron chi connectivity index (χ4n) is 3.34. The highest BCUT2D eigenvalue weighted by Gasteiger charge is 2.10. The van der Waals surface area contributed by atoms with Gasteiger partial charge in [0.15, 0.2) is 5.13 Å². The molecule has 5 nitrogen and oxygen atoms in total. The van der Waals surface area contributed by atoms with Gasteiger partial charge in [-0.3, -0.25) is 9.59 Å².